The average Bonchev–Trinajstić information content (AvgIpc) is 2.54. The Morgan fingerprint density at radius 3 is 1.96 bits per heavy atom. The van der Waals surface area contributed by atoms with Crippen LogP contribution in [0.1, 0.15) is 41.3 Å². The maximum atomic E-state index is 12.6. The van der Waals surface area contributed by atoms with Gasteiger partial charge in [-0.3, -0.25) is 4.79 Å². The van der Waals surface area contributed by atoms with Crippen LogP contribution in [-0.2, 0) is 11.0 Å². The lowest BCUT2D eigenvalue weighted by atomic mass is 10.0. The van der Waals surface area contributed by atoms with Crippen LogP contribution in [0.3, 0.4) is 0 Å². The lowest BCUT2D eigenvalue weighted by Crippen LogP contribution is -2.35. The van der Waals surface area contributed by atoms with Gasteiger partial charge in [-0.15, -0.1) is 12.4 Å². The van der Waals surface area contributed by atoms with Crippen molar-refractivity contribution in [2.75, 3.05) is 0 Å². The van der Waals surface area contributed by atoms with Gasteiger partial charge in [-0.05, 0) is 37.1 Å². The van der Waals surface area contributed by atoms with Crippen molar-refractivity contribution in [2.45, 2.75) is 32.1 Å². The molecule has 0 spiro atoms. The number of carbonyl (C=O) groups excluding carboxylic acids is 1. The lowest BCUT2D eigenvalue weighted by Gasteiger charge is -2.19. The molecule has 0 bridgehead atoms. The molecule has 0 fully saturated rings. The molecule has 2 aromatic carbocycles. The zero-order valence-electron chi connectivity index (χ0n) is 13.8. The molecule has 0 aliphatic carbocycles. The van der Waals surface area contributed by atoms with Gasteiger partial charge < -0.3 is 11.1 Å². The topological polar surface area (TPSA) is 55.1 Å². The SMILES string of the molecule is Cc1ccc(C(N)C(=O)NC(C)c2ccc(C(F)(F)F)cc2)cc1.Cl. The molecule has 3 nitrogen and oxygen atoms in total. The fraction of sp³-hybridized carbons (Fsp3) is 0.278. The van der Waals surface area contributed by atoms with Crippen LogP contribution < -0.4 is 11.1 Å². The molecule has 2 rings (SSSR count). The summed E-state index contributed by atoms with van der Waals surface area (Å²) < 4.78 is 37.7. The summed E-state index contributed by atoms with van der Waals surface area (Å²) in [6, 6.07) is 10.7. The second-order valence-corrected chi connectivity index (χ2v) is 5.74. The minimum atomic E-state index is -4.38. The van der Waals surface area contributed by atoms with Gasteiger partial charge in [0.2, 0.25) is 5.91 Å². The summed E-state index contributed by atoms with van der Waals surface area (Å²) in [5.41, 5.74) is 7.53. The number of rotatable bonds is 4. The molecule has 25 heavy (non-hydrogen) atoms. The van der Waals surface area contributed by atoms with Gasteiger partial charge in [0.25, 0.3) is 0 Å². The van der Waals surface area contributed by atoms with Gasteiger partial charge in [0.05, 0.1) is 11.6 Å². The van der Waals surface area contributed by atoms with E-state index in [0.717, 1.165) is 17.7 Å². The van der Waals surface area contributed by atoms with Crippen LogP contribution in [0.25, 0.3) is 0 Å². The third kappa shape index (κ3) is 5.47. The largest absolute Gasteiger partial charge is 0.416 e. The normalized spacial score (nSPS) is 13.5. The van der Waals surface area contributed by atoms with E-state index in [1.54, 1.807) is 19.1 Å². The van der Waals surface area contributed by atoms with Crippen LogP contribution >= 0.6 is 12.4 Å². The summed E-state index contributed by atoms with van der Waals surface area (Å²) in [5, 5.41) is 2.72. The van der Waals surface area contributed by atoms with E-state index in [2.05, 4.69) is 5.32 Å². The Morgan fingerprint density at radius 1 is 1.00 bits per heavy atom. The van der Waals surface area contributed by atoms with Crippen molar-refractivity contribution in [2.24, 2.45) is 5.73 Å². The summed E-state index contributed by atoms with van der Waals surface area (Å²) in [4.78, 5) is 12.2. The van der Waals surface area contributed by atoms with E-state index < -0.39 is 23.8 Å². The number of amides is 1. The first-order valence-electron chi connectivity index (χ1n) is 7.48. The highest BCUT2D eigenvalue weighted by atomic mass is 35.5. The van der Waals surface area contributed by atoms with Crippen LogP contribution in [0.2, 0.25) is 0 Å². The predicted molar refractivity (Wildman–Crippen MR) is 93.4 cm³/mol. The predicted octanol–water partition coefficient (Wildman–Crippen LogP) is 4.31. The minimum absolute atomic E-state index is 0. The van der Waals surface area contributed by atoms with E-state index >= 15 is 0 Å². The molecule has 0 aliphatic rings. The molecular weight excluding hydrogens is 353 g/mol. The van der Waals surface area contributed by atoms with Crippen molar-refractivity contribution >= 4 is 18.3 Å². The molecule has 0 aliphatic heterocycles. The molecular formula is C18H20ClF3N2O. The summed E-state index contributed by atoms with van der Waals surface area (Å²) >= 11 is 0. The third-order valence-corrected chi connectivity index (χ3v) is 3.82. The number of nitrogens with one attached hydrogen (secondary N) is 1. The van der Waals surface area contributed by atoms with Gasteiger partial charge in [0.15, 0.2) is 0 Å². The van der Waals surface area contributed by atoms with Crippen LogP contribution in [0.15, 0.2) is 48.5 Å². The highest BCUT2D eigenvalue weighted by Crippen LogP contribution is 2.30. The highest BCUT2D eigenvalue weighted by Gasteiger charge is 2.30. The van der Waals surface area contributed by atoms with E-state index in [4.69, 9.17) is 5.73 Å². The Bertz CT molecular complexity index is 700. The van der Waals surface area contributed by atoms with Crippen molar-refractivity contribution in [1.29, 1.82) is 0 Å². The Morgan fingerprint density at radius 2 is 1.48 bits per heavy atom. The Hall–Kier alpha value is -2.05. The molecule has 0 radical (unpaired) electrons. The molecule has 2 aromatic rings. The molecule has 0 aromatic heterocycles. The summed E-state index contributed by atoms with van der Waals surface area (Å²) in [6.07, 6.45) is -4.38. The first-order chi connectivity index (χ1) is 11.2. The Balaban J connectivity index is 0.00000312. The molecule has 7 heteroatoms. The third-order valence-electron chi connectivity index (χ3n) is 3.82. The number of carbonyl (C=O) groups is 1. The number of alkyl halides is 3. The van der Waals surface area contributed by atoms with E-state index in [-0.39, 0.29) is 18.3 Å². The standard InChI is InChI=1S/C18H19F3N2O.ClH/c1-11-3-5-14(6-4-11)16(22)17(24)23-12(2)13-7-9-15(10-8-13)18(19,20)21;/h3-10,12,16H,22H2,1-2H3,(H,23,24);1H. The van der Waals surface area contributed by atoms with E-state index in [1.165, 1.54) is 12.1 Å². The molecule has 0 saturated heterocycles. The average molecular weight is 373 g/mol. The molecule has 136 valence electrons. The summed E-state index contributed by atoms with van der Waals surface area (Å²) in [5.74, 6) is -0.383. The van der Waals surface area contributed by atoms with Gasteiger partial charge in [-0.2, -0.15) is 13.2 Å². The monoisotopic (exact) mass is 372 g/mol. The Kier molecular flexibility index (Phi) is 7.02. The van der Waals surface area contributed by atoms with Crippen LogP contribution in [-0.4, -0.2) is 5.91 Å². The second-order valence-electron chi connectivity index (χ2n) is 5.74. The minimum Gasteiger partial charge on any atom is -0.348 e. The molecule has 3 N–H and O–H groups in total. The molecule has 2 atom stereocenters. The first kappa shape index (κ1) is 21.0. The quantitative estimate of drug-likeness (QED) is 0.840. The van der Waals surface area contributed by atoms with Crippen molar-refractivity contribution in [3.8, 4) is 0 Å². The maximum Gasteiger partial charge on any atom is 0.416 e. The van der Waals surface area contributed by atoms with Crippen molar-refractivity contribution in [3.63, 3.8) is 0 Å². The van der Waals surface area contributed by atoms with Crippen molar-refractivity contribution in [1.82, 2.24) is 5.32 Å². The zero-order chi connectivity index (χ0) is 17.9. The second kappa shape index (κ2) is 8.36. The van der Waals surface area contributed by atoms with E-state index in [9.17, 15) is 18.0 Å². The van der Waals surface area contributed by atoms with Crippen LogP contribution in [0.5, 0.6) is 0 Å². The molecule has 2 unspecified atom stereocenters. The number of halogens is 4. The van der Waals surface area contributed by atoms with Crippen molar-refractivity contribution in [3.05, 3.63) is 70.8 Å². The zero-order valence-corrected chi connectivity index (χ0v) is 14.6. The van der Waals surface area contributed by atoms with Crippen LogP contribution in [0, 0.1) is 6.92 Å². The highest BCUT2D eigenvalue weighted by molar-refractivity contribution is 5.85. The summed E-state index contributed by atoms with van der Waals surface area (Å²) in [7, 11) is 0. The Labute approximate surface area is 150 Å². The number of hydrogen-bond acceptors (Lipinski definition) is 2. The van der Waals surface area contributed by atoms with Gasteiger partial charge in [0, 0.05) is 0 Å². The molecule has 1 amide bonds. The smallest absolute Gasteiger partial charge is 0.348 e. The van der Waals surface area contributed by atoms with Gasteiger partial charge >= 0.3 is 6.18 Å². The van der Waals surface area contributed by atoms with Gasteiger partial charge in [-0.1, -0.05) is 42.0 Å². The van der Waals surface area contributed by atoms with Crippen molar-refractivity contribution < 1.29 is 18.0 Å². The first-order valence-corrected chi connectivity index (χ1v) is 7.48. The number of aryl methyl sites for hydroxylation is 1. The van der Waals surface area contributed by atoms with E-state index in [1.807, 2.05) is 19.1 Å². The fourth-order valence-corrected chi connectivity index (χ4v) is 2.27. The number of nitrogens with two attached hydrogens (primary N) is 1. The fourth-order valence-electron chi connectivity index (χ4n) is 2.27. The lowest BCUT2D eigenvalue weighted by molar-refractivity contribution is -0.137. The number of benzene rings is 2. The molecule has 0 saturated carbocycles. The molecule has 0 heterocycles. The number of hydrogen-bond donors (Lipinski definition) is 2. The maximum absolute atomic E-state index is 12.6. The summed E-state index contributed by atoms with van der Waals surface area (Å²) in [6.45, 7) is 3.63. The van der Waals surface area contributed by atoms with Crippen LogP contribution in [0.4, 0.5) is 13.2 Å². The van der Waals surface area contributed by atoms with Gasteiger partial charge in [0.1, 0.15) is 6.04 Å². The van der Waals surface area contributed by atoms with E-state index in [0.29, 0.717) is 11.1 Å². The van der Waals surface area contributed by atoms with Gasteiger partial charge in [-0.25, -0.2) is 0 Å².